The van der Waals surface area contributed by atoms with Crippen LogP contribution in [-0.4, -0.2) is 57.6 Å². The van der Waals surface area contributed by atoms with E-state index in [0.29, 0.717) is 5.82 Å². The van der Waals surface area contributed by atoms with Crippen LogP contribution in [0.3, 0.4) is 0 Å². The molecule has 134 valence electrons. The third-order valence-corrected chi connectivity index (χ3v) is 5.47. The Balaban J connectivity index is 1.73. The molecule has 2 heterocycles. The van der Waals surface area contributed by atoms with Gasteiger partial charge in [0.25, 0.3) is 0 Å². The number of H-pyrrole nitrogens is 1. The molecule has 0 atom stereocenters. The lowest BCUT2D eigenvalue weighted by atomic mass is 9.83. The van der Waals surface area contributed by atoms with Crippen LogP contribution in [0.2, 0.25) is 0 Å². The van der Waals surface area contributed by atoms with Gasteiger partial charge in [0.05, 0.1) is 0 Å². The van der Waals surface area contributed by atoms with Crippen molar-refractivity contribution in [2.45, 2.75) is 33.6 Å². The van der Waals surface area contributed by atoms with E-state index in [2.05, 4.69) is 52.4 Å². The lowest BCUT2D eigenvalue weighted by molar-refractivity contribution is -0.142. The van der Waals surface area contributed by atoms with Gasteiger partial charge in [0.2, 0.25) is 11.7 Å². The number of rotatable bonds is 5. The summed E-state index contributed by atoms with van der Waals surface area (Å²) in [6, 6.07) is 8.07. The van der Waals surface area contributed by atoms with E-state index < -0.39 is 0 Å². The summed E-state index contributed by atoms with van der Waals surface area (Å²) in [5.74, 6) is 0.877. The van der Waals surface area contributed by atoms with Crippen LogP contribution in [0.5, 0.6) is 0 Å². The quantitative estimate of drug-likeness (QED) is 0.902. The smallest absolute Gasteiger partial charge is 0.228 e. The molecule has 3 rings (SSSR count). The van der Waals surface area contributed by atoms with E-state index in [-0.39, 0.29) is 11.3 Å². The van der Waals surface area contributed by atoms with Gasteiger partial charge in [-0.3, -0.25) is 4.79 Å². The first-order valence-electron chi connectivity index (χ1n) is 8.96. The van der Waals surface area contributed by atoms with Crippen LogP contribution in [0.1, 0.15) is 33.6 Å². The Morgan fingerprint density at radius 1 is 1.16 bits per heavy atom. The van der Waals surface area contributed by atoms with Gasteiger partial charge in [0.1, 0.15) is 0 Å². The van der Waals surface area contributed by atoms with E-state index in [9.17, 15) is 4.79 Å². The number of anilines is 1. The van der Waals surface area contributed by atoms with Gasteiger partial charge in [-0.2, -0.15) is 5.21 Å². The molecule has 7 nitrogen and oxygen atoms in total. The fraction of sp³-hybridized carbons (Fsp3) is 0.556. The second-order valence-corrected chi connectivity index (χ2v) is 6.80. The van der Waals surface area contributed by atoms with Gasteiger partial charge in [-0.15, -0.1) is 10.2 Å². The molecule has 25 heavy (non-hydrogen) atoms. The lowest BCUT2D eigenvalue weighted by Gasteiger charge is -2.40. The summed E-state index contributed by atoms with van der Waals surface area (Å²) in [6.45, 7) is 9.38. The molecule has 0 unspecified atom stereocenters. The summed E-state index contributed by atoms with van der Waals surface area (Å²) in [6.07, 6.45) is 1.76. The van der Waals surface area contributed by atoms with Gasteiger partial charge in [-0.25, -0.2) is 0 Å². The lowest BCUT2D eigenvalue weighted by Crippen LogP contribution is -2.52. The second-order valence-electron chi connectivity index (χ2n) is 6.80. The van der Waals surface area contributed by atoms with Gasteiger partial charge < -0.3 is 9.80 Å². The molecule has 1 N–H and O–H groups in total. The third-order valence-electron chi connectivity index (χ3n) is 5.47. The molecule has 0 saturated carbocycles. The molecular formula is C18H26N6O. The number of nitrogens with zero attached hydrogens (tertiary/aromatic N) is 5. The van der Waals surface area contributed by atoms with E-state index in [1.807, 2.05) is 23.1 Å². The van der Waals surface area contributed by atoms with E-state index in [1.165, 1.54) is 0 Å². The largest absolute Gasteiger partial charge is 0.367 e. The number of benzene rings is 1. The van der Waals surface area contributed by atoms with Gasteiger partial charge in [-0.1, -0.05) is 32.9 Å². The molecular weight excluding hydrogens is 316 g/mol. The van der Waals surface area contributed by atoms with Crippen LogP contribution in [-0.2, 0) is 4.79 Å². The molecule has 1 aliphatic heterocycles. The first-order chi connectivity index (χ1) is 12.1. The first-order valence-corrected chi connectivity index (χ1v) is 8.96. The predicted molar refractivity (Wildman–Crippen MR) is 97.1 cm³/mol. The van der Waals surface area contributed by atoms with Gasteiger partial charge in [-0.05, 0) is 30.2 Å². The van der Waals surface area contributed by atoms with E-state index in [1.54, 1.807) is 0 Å². The Bertz CT molecular complexity index is 702. The van der Waals surface area contributed by atoms with Gasteiger partial charge >= 0.3 is 0 Å². The first kappa shape index (κ1) is 17.4. The fourth-order valence-electron chi connectivity index (χ4n) is 3.30. The Morgan fingerprint density at radius 2 is 1.84 bits per heavy atom. The molecule has 0 radical (unpaired) electrons. The monoisotopic (exact) mass is 342 g/mol. The highest BCUT2D eigenvalue weighted by Gasteiger charge is 2.34. The summed E-state index contributed by atoms with van der Waals surface area (Å²) >= 11 is 0. The zero-order valence-corrected chi connectivity index (χ0v) is 15.2. The summed E-state index contributed by atoms with van der Waals surface area (Å²) in [7, 11) is 0. The van der Waals surface area contributed by atoms with E-state index in [0.717, 1.165) is 50.3 Å². The number of aromatic amines is 1. The predicted octanol–water partition coefficient (Wildman–Crippen LogP) is 2.34. The second kappa shape index (κ2) is 7.21. The topological polar surface area (TPSA) is 78.0 Å². The fourth-order valence-corrected chi connectivity index (χ4v) is 3.30. The maximum absolute atomic E-state index is 12.9. The summed E-state index contributed by atoms with van der Waals surface area (Å²) in [5, 5.41) is 14.4. The molecule has 1 aliphatic rings. The van der Waals surface area contributed by atoms with Crippen molar-refractivity contribution in [2.75, 3.05) is 31.1 Å². The highest BCUT2D eigenvalue weighted by molar-refractivity contribution is 5.83. The van der Waals surface area contributed by atoms with Crippen molar-refractivity contribution in [1.29, 1.82) is 0 Å². The number of hydrogen-bond donors (Lipinski definition) is 1. The van der Waals surface area contributed by atoms with Gasteiger partial charge in [0, 0.05) is 42.8 Å². The molecule has 7 heteroatoms. The summed E-state index contributed by atoms with van der Waals surface area (Å²) < 4.78 is 0. The van der Waals surface area contributed by atoms with Crippen LogP contribution in [0.15, 0.2) is 24.3 Å². The van der Waals surface area contributed by atoms with Crippen molar-refractivity contribution in [2.24, 2.45) is 5.41 Å². The van der Waals surface area contributed by atoms with Crippen LogP contribution < -0.4 is 4.90 Å². The van der Waals surface area contributed by atoms with Crippen LogP contribution >= 0.6 is 0 Å². The zero-order valence-electron chi connectivity index (χ0n) is 15.2. The van der Waals surface area contributed by atoms with Crippen LogP contribution in [0, 0.1) is 5.41 Å². The normalized spacial score (nSPS) is 15.5. The van der Waals surface area contributed by atoms with Crippen LogP contribution in [0.4, 0.5) is 5.69 Å². The molecule has 1 fully saturated rings. The van der Waals surface area contributed by atoms with Gasteiger partial charge in [0.15, 0.2) is 0 Å². The third kappa shape index (κ3) is 3.36. The van der Waals surface area contributed by atoms with Crippen molar-refractivity contribution in [3.8, 4) is 11.4 Å². The molecule has 1 amide bonds. The van der Waals surface area contributed by atoms with Crippen molar-refractivity contribution in [1.82, 2.24) is 25.5 Å². The molecule has 0 spiro atoms. The Kier molecular flexibility index (Phi) is 5.01. The molecule has 1 aromatic heterocycles. The minimum atomic E-state index is -0.245. The molecule has 0 bridgehead atoms. The number of amides is 1. The molecule has 1 aromatic carbocycles. The maximum atomic E-state index is 12.9. The number of carbonyl (C=O) groups excluding carboxylic acids is 1. The Hall–Kier alpha value is -2.44. The number of piperazine rings is 1. The number of para-hydroxylation sites is 1. The van der Waals surface area contributed by atoms with Crippen molar-refractivity contribution in [3.05, 3.63) is 24.3 Å². The standard InChI is InChI=1S/C18H26N6O/c1-4-18(3,5-2)17(25)24-12-10-23(11-13-24)15-9-7-6-8-14(15)16-19-21-22-20-16/h6-9H,4-5,10-13H2,1-3H3,(H,19,20,21,22). The zero-order chi connectivity index (χ0) is 17.9. The molecule has 1 saturated heterocycles. The Morgan fingerprint density at radius 3 is 2.44 bits per heavy atom. The molecule has 0 aliphatic carbocycles. The minimum absolute atomic E-state index is 0.245. The highest BCUT2D eigenvalue weighted by Crippen LogP contribution is 2.31. The van der Waals surface area contributed by atoms with E-state index in [4.69, 9.17) is 0 Å². The van der Waals surface area contributed by atoms with Crippen molar-refractivity contribution in [3.63, 3.8) is 0 Å². The van der Waals surface area contributed by atoms with Crippen molar-refractivity contribution < 1.29 is 4.79 Å². The SMILES string of the molecule is CCC(C)(CC)C(=O)N1CCN(c2ccccc2-c2nn[nH]n2)CC1. The summed E-state index contributed by atoms with van der Waals surface area (Å²) in [5.41, 5.74) is 1.80. The average Bonchev–Trinajstić information content (AvgIpc) is 3.21. The van der Waals surface area contributed by atoms with Crippen LogP contribution in [0.25, 0.3) is 11.4 Å². The summed E-state index contributed by atoms with van der Waals surface area (Å²) in [4.78, 5) is 17.2. The number of tetrazole rings is 1. The number of carbonyl (C=O) groups is 1. The number of nitrogens with one attached hydrogen (secondary N) is 1. The average molecular weight is 342 g/mol. The van der Waals surface area contributed by atoms with E-state index >= 15 is 0 Å². The van der Waals surface area contributed by atoms with Crippen molar-refractivity contribution >= 4 is 11.6 Å². The maximum Gasteiger partial charge on any atom is 0.228 e. The number of hydrogen-bond acceptors (Lipinski definition) is 5. The Labute approximate surface area is 148 Å². The highest BCUT2D eigenvalue weighted by atomic mass is 16.2. The molecule has 2 aromatic rings. The minimum Gasteiger partial charge on any atom is -0.367 e. The number of aromatic nitrogens is 4.